The first-order chi connectivity index (χ1) is 14.8. The molecule has 0 spiro atoms. The molecule has 2 heterocycles. The van der Waals surface area contributed by atoms with Gasteiger partial charge in [0.25, 0.3) is 5.91 Å². The molecule has 0 atom stereocenters. The normalized spacial score (nSPS) is 14.6. The Kier molecular flexibility index (Phi) is 6.13. The molecule has 0 aliphatic carbocycles. The highest BCUT2D eigenvalue weighted by Gasteiger charge is 2.38. The first-order valence-corrected chi connectivity index (χ1v) is 8.92. The summed E-state index contributed by atoms with van der Waals surface area (Å²) in [5, 5.41) is 6.04. The Balaban J connectivity index is 1.87. The fraction of sp³-hybridized carbons (Fsp3) is 0.222. The number of rotatable bonds is 4. The number of anilines is 1. The summed E-state index contributed by atoms with van der Waals surface area (Å²) in [5.74, 6) is -3.94. The quantitative estimate of drug-likeness (QED) is 0.663. The average Bonchev–Trinajstić information content (AvgIpc) is 3.07. The van der Waals surface area contributed by atoms with Crippen LogP contribution in [0.25, 0.3) is 0 Å². The Hall–Kier alpha value is -3.22. The monoisotopic (exact) mass is 482 g/mol. The van der Waals surface area contributed by atoms with Crippen molar-refractivity contribution in [3.8, 4) is 0 Å². The number of nitrogens with one attached hydrogen (secondary N) is 1. The number of carbonyl (C=O) groups is 2. The molecule has 170 valence electrons. The Bertz CT molecular complexity index is 1100. The zero-order chi connectivity index (χ0) is 23.8. The maximum absolute atomic E-state index is 14.1. The van der Waals surface area contributed by atoms with Crippen molar-refractivity contribution >= 4 is 34.8 Å². The van der Waals surface area contributed by atoms with Gasteiger partial charge in [0.15, 0.2) is 0 Å². The zero-order valence-electron chi connectivity index (χ0n) is 15.5. The number of halogens is 8. The van der Waals surface area contributed by atoms with Crippen LogP contribution in [0.1, 0.15) is 23.2 Å². The first kappa shape index (κ1) is 23.4. The third kappa shape index (κ3) is 4.98. The van der Waals surface area contributed by atoms with Crippen LogP contribution >= 0.6 is 11.6 Å². The molecule has 0 fully saturated rings. The lowest BCUT2D eigenvalue weighted by Crippen LogP contribution is -2.36. The number of carbonyl (C=O) groups excluding carboxylic acids is 2. The molecule has 1 aromatic carbocycles. The van der Waals surface area contributed by atoms with Crippen molar-refractivity contribution in [1.82, 2.24) is 10.3 Å². The predicted octanol–water partition coefficient (Wildman–Crippen LogP) is 4.21. The second-order valence-corrected chi connectivity index (χ2v) is 6.84. The van der Waals surface area contributed by atoms with E-state index in [9.17, 15) is 40.3 Å². The number of aromatic nitrogens is 1. The van der Waals surface area contributed by atoms with Crippen molar-refractivity contribution in [3.63, 3.8) is 0 Å². The van der Waals surface area contributed by atoms with E-state index < -0.39 is 42.2 Å². The highest BCUT2D eigenvalue weighted by molar-refractivity contribution is 6.35. The summed E-state index contributed by atoms with van der Waals surface area (Å²) in [6.07, 6.45) is -9.43. The van der Waals surface area contributed by atoms with E-state index in [2.05, 4.69) is 10.1 Å². The Morgan fingerprint density at radius 1 is 1.16 bits per heavy atom. The van der Waals surface area contributed by atoms with E-state index >= 15 is 0 Å². The standard InChI is InChI=1S/C18H10ClF7N4O2/c19-11-4-12(20)8(6-28-16(32)18(24,25)26)3-10(11)13-5-15(31)30(29-13)9-1-2-14(27-7-9)17(21,22)23/h1-4,7H,5-6H2,(H,28,32). The van der Waals surface area contributed by atoms with Gasteiger partial charge >= 0.3 is 18.3 Å². The molecule has 0 unspecified atom stereocenters. The van der Waals surface area contributed by atoms with E-state index in [0.29, 0.717) is 6.07 Å². The zero-order valence-corrected chi connectivity index (χ0v) is 16.2. The van der Waals surface area contributed by atoms with Crippen LogP contribution in [0.4, 0.5) is 36.4 Å². The van der Waals surface area contributed by atoms with Crippen LogP contribution in [-0.4, -0.2) is 28.7 Å². The molecule has 0 saturated heterocycles. The number of pyridine rings is 1. The summed E-state index contributed by atoms with van der Waals surface area (Å²) in [6.45, 7) is -0.817. The third-order valence-corrected chi connectivity index (χ3v) is 4.52. The largest absolute Gasteiger partial charge is 0.471 e. The summed E-state index contributed by atoms with van der Waals surface area (Å²) < 4.78 is 89.0. The van der Waals surface area contributed by atoms with Crippen LogP contribution in [-0.2, 0) is 22.3 Å². The summed E-state index contributed by atoms with van der Waals surface area (Å²) in [5.41, 5.74) is -1.62. The van der Waals surface area contributed by atoms with E-state index in [1.54, 1.807) is 0 Å². The minimum Gasteiger partial charge on any atom is -0.344 e. The highest BCUT2D eigenvalue weighted by atomic mass is 35.5. The molecular formula is C18H10ClF7N4O2. The van der Waals surface area contributed by atoms with Gasteiger partial charge in [-0.15, -0.1) is 0 Å². The van der Waals surface area contributed by atoms with Gasteiger partial charge in [0.1, 0.15) is 11.5 Å². The number of nitrogens with zero attached hydrogens (tertiary/aromatic N) is 3. The molecule has 2 amide bonds. The maximum Gasteiger partial charge on any atom is 0.471 e. The van der Waals surface area contributed by atoms with Gasteiger partial charge in [-0.3, -0.25) is 9.59 Å². The molecule has 1 N–H and O–H groups in total. The lowest BCUT2D eigenvalue weighted by atomic mass is 10.0. The molecule has 32 heavy (non-hydrogen) atoms. The van der Waals surface area contributed by atoms with Crippen molar-refractivity contribution < 1.29 is 40.3 Å². The lowest BCUT2D eigenvalue weighted by molar-refractivity contribution is -0.173. The van der Waals surface area contributed by atoms with Gasteiger partial charge < -0.3 is 5.32 Å². The number of benzene rings is 1. The van der Waals surface area contributed by atoms with Crippen LogP contribution < -0.4 is 10.3 Å². The molecule has 14 heteroatoms. The molecule has 0 bridgehead atoms. The number of alkyl halides is 6. The second kappa shape index (κ2) is 8.37. The van der Waals surface area contributed by atoms with Gasteiger partial charge in [-0.25, -0.2) is 9.37 Å². The Labute approximate surface area is 179 Å². The number of hydrogen-bond donors (Lipinski definition) is 1. The van der Waals surface area contributed by atoms with E-state index in [1.807, 2.05) is 0 Å². The summed E-state index contributed by atoms with van der Waals surface area (Å²) in [7, 11) is 0. The Morgan fingerprint density at radius 3 is 2.41 bits per heavy atom. The van der Waals surface area contributed by atoms with Gasteiger partial charge in [-0.1, -0.05) is 11.6 Å². The van der Waals surface area contributed by atoms with E-state index in [4.69, 9.17) is 11.6 Å². The molecule has 1 aliphatic heterocycles. The molecule has 0 radical (unpaired) electrons. The van der Waals surface area contributed by atoms with Crippen LogP contribution in [0, 0.1) is 5.82 Å². The SMILES string of the molecule is O=C1CC(c2cc(CNC(=O)C(F)(F)F)c(F)cc2Cl)=NN1c1ccc(C(F)(F)F)nc1. The molecular weight excluding hydrogens is 473 g/mol. The van der Waals surface area contributed by atoms with Crippen molar-refractivity contribution in [2.75, 3.05) is 5.01 Å². The number of amides is 2. The van der Waals surface area contributed by atoms with E-state index in [1.165, 1.54) is 5.32 Å². The smallest absolute Gasteiger partial charge is 0.344 e. The van der Waals surface area contributed by atoms with E-state index in [0.717, 1.165) is 29.4 Å². The summed E-state index contributed by atoms with van der Waals surface area (Å²) in [6, 6.07) is 3.43. The first-order valence-electron chi connectivity index (χ1n) is 8.54. The van der Waals surface area contributed by atoms with Gasteiger partial charge in [0.2, 0.25) is 0 Å². The highest BCUT2D eigenvalue weighted by Crippen LogP contribution is 2.31. The summed E-state index contributed by atoms with van der Waals surface area (Å²) >= 11 is 5.97. The average molecular weight is 483 g/mol. The van der Waals surface area contributed by atoms with Crippen LogP contribution in [0.2, 0.25) is 5.02 Å². The predicted molar refractivity (Wildman–Crippen MR) is 97.2 cm³/mol. The fourth-order valence-corrected chi connectivity index (χ4v) is 2.95. The van der Waals surface area contributed by atoms with Crippen molar-refractivity contribution in [3.05, 3.63) is 58.1 Å². The fourth-order valence-electron chi connectivity index (χ4n) is 2.69. The minimum atomic E-state index is -5.16. The second-order valence-electron chi connectivity index (χ2n) is 6.43. The molecule has 2 aromatic rings. The van der Waals surface area contributed by atoms with Crippen molar-refractivity contribution in [2.45, 2.75) is 25.3 Å². The lowest BCUT2D eigenvalue weighted by Gasteiger charge is -2.12. The maximum atomic E-state index is 14.1. The topological polar surface area (TPSA) is 74.7 Å². The third-order valence-electron chi connectivity index (χ3n) is 4.20. The van der Waals surface area contributed by atoms with Gasteiger partial charge in [-0.05, 0) is 24.3 Å². The van der Waals surface area contributed by atoms with E-state index in [-0.39, 0.29) is 34.0 Å². The van der Waals surface area contributed by atoms with Crippen molar-refractivity contribution in [2.24, 2.45) is 5.10 Å². The molecule has 3 rings (SSSR count). The van der Waals surface area contributed by atoms with Crippen LogP contribution in [0.15, 0.2) is 35.6 Å². The number of hydrogen-bond acceptors (Lipinski definition) is 4. The van der Waals surface area contributed by atoms with Gasteiger partial charge in [0.05, 0.1) is 29.0 Å². The Morgan fingerprint density at radius 2 is 1.84 bits per heavy atom. The molecule has 6 nitrogen and oxygen atoms in total. The molecule has 0 saturated carbocycles. The summed E-state index contributed by atoms with van der Waals surface area (Å²) in [4.78, 5) is 26.5. The van der Waals surface area contributed by atoms with Gasteiger partial charge in [0, 0.05) is 17.7 Å². The van der Waals surface area contributed by atoms with Crippen LogP contribution in [0.5, 0.6) is 0 Å². The number of hydrazone groups is 1. The van der Waals surface area contributed by atoms with Gasteiger partial charge in [-0.2, -0.15) is 36.5 Å². The molecule has 1 aromatic heterocycles. The van der Waals surface area contributed by atoms with Crippen molar-refractivity contribution in [1.29, 1.82) is 0 Å². The molecule has 1 aliphatic rings. The van der Waals surface area contributed by atoms with Crippen LogP contribution in [0.3, 0.4) is 0 Å². The minimum absolute atomic E-state index is 0.0000418.